The number of cyclic esters (lactones) is 1. The summed E-state index contributed by atoms with van der Waals surface area (Å²) in [7, 11) is 1.52. The molecule has 11 heteroatoms. The van der Waals surface area contributed by atoms with E-state index in [1.165, 1.54) is 13.2 Å². The summed E-state index contributed by atoms with van der Waals surface area (Å²) >= 11 is 0. The largest absolute Gasteiger partial charge is 0.458 e. The van der Waals surface area contributed by atoms with Crippen molar-refractivity contribution in [3.8, 4) is 0 Å². The third kappa shape index (κ3) is 2.97. The van der Waals surface area contributed by atoms with Gasteiger partial charge in [-0.3, -0.25) is 4.79 Å². The molecule has 8 aliphatic rings. The van der Waals surface area contributed by atoms with Crippen molar-refractivity contribution < 1.29 is 53.3 Å². The fourth-order valence-corrected chi connectivity index (χ4v) is 10.2. The number of hydrogen-bond donors (Lipinski definition) is 3. The van der Waals surface area contributed by atoms with Crippen LogP contribution in [-0.4, -0.2) is 101 Å². The topological polar surface area (TPSA) is 154 Å². The first-order valence-corrected chi connectivity index (χ1v) is 14.8. The van der Waals surface area contributed by atoms with E-state index in [0.29, 0.717) is 37.7 Å². The Labute approximate surface area is 237 Å². The van der Waals surface area contributed by atoms with Gasteiger partial charge in [0.2, 0.25) is 12.1 Å². The molecule has 14 atom stereocenters. The Morgan fingerprint density at radius 1 is 1.12 bits per heavy atom. The predicted molar refractivity (Wildman–Crippen MR) is 137 cm³/mol. The van der Waals surface area contributed by atoms with Gasteiger partial charge in [-0.05, 0) is 56.4 Å². The standard InChI is InChI=1S/C30H38O11/c1-13-7-20(36-4)30(35)25(38-13)39-17-9-15-10-19-29(41-19)23(26(15,2)11-18(17)40-30)22(32)24(33)27(3)16(5-6-28(27,29)34)14-8-21(31)37-12-14/h8-9,13,16-20,22-23,25,32,34-35H,5-7,10-12H2,1-4H3/t13-,16+,17-,18-,19+,20-,22+,23-,25+,26+,27+,28-,29+,30+/m1/s1. The lowest BCUT2D eigenvalue weighted by Crippen LogP contribution is -2.75. The Hall–Kier alpha value is -1.70. The minimum atomic E-state index is -1.82. The minimum absolute atomic E-state index is 0.0825. The molecular formula is C30H38O11. The van der Waals surface area contributed by atoms with Gasteiger partial charge in [0, 0.05) is 25.5 Å². The van der Waals surface area contributed by atoms with E-state index < -0.39 is 82.1 Å². The van der Waals surface area contributed by atoms with E-state index in [4.69, 9.17) is 28.4 Å². The highest BCUT2D eigenvalue weighted by Gasteiger charge is 2.88. The monoisotopic (exact) mass is 574 g/mol. The molecule has 224 valence electrons. The summed E-state index contributed by atoms with van der Waals surface area (Å²) < 4.78 is 35.8. The fraction of sp³-hybridized carbons (Fsp3) is 0.800. The van der Waals surface area contributed by atoms with E-state index in [1.807, 2.05) is 19.9 Å². The molecule has 3 saturated carbocycles. The van der Waals surface area contributed by atoms with E-state index in [1.54, 1.807) is 6.92 Å². The van der Waals surface area contributed by atoms with Gasteiger partial charge in [-0.2, -0.15) is 0 Å². The third-order valence-corrected chi connectivity index (χ3v) is 12.2. The SMILES string of the molecule is CO[C@@H]1C[C@@H](C)O[C@H]2O[C@@H]3C=C4C[C@@H]5O[C@]56[C@H]([C@H](O)C(=O)[C@]5(C)[C@H](C7=CC(=O)OC7)CC[C@]65O)[C@@]4(C)C[C@H]3O[C@]21O. The van der Waals surface area contributed by atoms with E-state index in [-0.39, 0.29) is 18.8 Å². The number of fused-ring (bicyclic) bond motifs is 5. The highest BCUT2D eigenvalue weighted by Crippen LogP contribution is 2.76. The smallest absolute Gasteiger partial charge is 0.331 e. The molecule has 0 radical (unpaired) electrons. The zero-order valence-corrected chi connectivity index (χ0v) is 23.7. The minimum Gasteiger partial charge on any atom is -0.458 e. The number of aliphatic hydroxyl groups is 3. The maximum absolute atomic E-state index is 14.3. The Morgan fingerprint density at radius 3 is 2.61 bits per heavy atom. The quantitative estimate of drug-likeness (QED) is 0.242. The van der Waals surface area contributed by atoms with Gasteiger partial charge in [0.15, 0.2) is 5.78 Å². The summed E-state index contributed by atoms with van der Waals surface area (Å²) in [4.78, 5) is 26.2. The average molecular weight is 575 g/mol. The Morgan fingerprint density at radius 2 is 1.90 bits per heavy atom. The maximum atomic E-state index is 14.3. The van der Waals surface area contributed by atoms with E-state index in [2.05, 4.69) is 0 Å². The lowest BCUT2D eigenvalue weighted by Gasteiger charge is -2.62. The van der Waals surface area contributed by atoms with Crippen LogP contribution in [0.1, 0.15) is 52.9 Å². The van der Waals surface area contributed by atoms with Gasteiger partial charge in [0.25, 0.3) is 0 Å². The molecule has 41 heavy (non-hydrogen) atoms. The van der Waals surface area contributed by atoms with Crippen molar-refractivity contribution in [2.24, 2.45) is 22.7 Å². The van der Waals surface area contributed by atoms with Crippen molar-refractivity contribution >= 4 is 11.8 Å². The van der Waals surface area contributed by atoms with Gasteiger partial charge in [0.1, 0.15) is 36.1 Å². The second kappa shape index (κ2) is 8.06. The maximum Gasteiger partial charge on any atom is 0.331 e. The second-order valence-corrected chi connectivity index (χ2v) is 13.9. The Kier molecular flexibility index (Phi) is 5.29. The molecule has 1 spiro atoms. The Bertz CT molecular complexity index is 1290. The van der Waals surface area contributed by atoms with Crippen LogP contribution in [0.15, 0.2) is 23.3 Å². The molecule has 4 heterocycles. The Balaban J connectivity index is 1.18. The summed E-state index contributed by atoms with van der Waals surface area (Å²) in [5, 5.41) is 36.1. The van der Waals surface area contributed by atoms with Crippen LogP contribution in [0.5, 0.6) is 0 Å². The van der Waals surface area contributed by atoms with Crippen molar-refractivity contribution in [1.82, 2.24) is 0 Å². The zero-order chi connectivity index (χ0) is 28.9. The number of aliphatic hydroxyl groups excluding tert-OH is 1. The summed E-state index contributed by atoms with van der Waals surface area (Å²) in [6.07, 6.45) is 0.648. The van der Waals surface area contributed by atoms with Gasteiger partial charge in [-0.15, -0.1) is 0 Å². The summed E-state index contributed by atoms with van der Waals surface area (Å²) in [6.45, 7) is 5.69. The van der Waals surface area contributed by atoms with Crippen molar-refractivity contribution in [1.29, 1.82) is 0 Å². The molecule has 3 saturated heterocycles. The number of ketones is 1. The number of methoxy groups -OCH3 is 1. The van der Waals surface area contributed by atoms with Crippen LogP contribution >= 0.6 is 0 Å². The summed E-state index contributed by atoms with van der Waals surface area (Å²) in [5.41, 5.74) is -3.16. The van der Waals surface area contributed by atoms with Gasteiger partial charge < -0.3 is 43.7 Å². The first-order chi connectivity index (χ1) is 19.3. The molecule has 3 N–H and O–H groups in total. The number of rotatable bonds is 2. The molecular weight excluding hydrogens is 536 g/mol. The molecule has 0 aromatic heterocycles. The van der Waals surface area contributed by atoms with Gasteiger partial charge in [-0.25, -0.2) is 4.79 Å². The second-order valence-electron chi connectivity index (χ2n) is 13.9. The normalized spacial score (nSPS) is 58.6. The average Bonchev–Trinajstić information content (AvgIpc) is 3.36. The van der Waals surface area contributed by atoms with Gasteiger partial charge >= 0.3 is 5.97 Å². The van der Waals surface area contributed by atoms with Gasteiger partial charge in [-0.1, -0.05) is 18.6 Å². The van der Waals surface area contributed by atoms with E-state index in [9.17, 15) is 24.9 Å². The van der Waals surface area contributed by atoms with Crippen molar-refractivity contribution in [2.45, 2.75) is 113 Å². The van der Waals surface area contributed by atoms with Crippen LogP contribution in [0.3, 0.4) is 0 Å². The van der Waals surface area contributed by atoms with Crippen LogP contribution in [0, 0.1) is 22.7 Å². The molecule has 4 aliphatic heterocycles. The molecule has 8 rings (SSSR count). The van der Waals surface area contributed by atoms with Crippen molar-refractivity contribution in [2.75, 3.05) is 13.7 Å². The number of esters is 1. The molecule has 4 aliphatic carbocycles. The van der Waals surface area contributed by atoms with Crippen LogP contribution in [-0.2, 0) is 38.0 Å². The zero-order valence-electron chi connectivity index (χ0n) is 23.7. The number of ether oxygens (including phenoxy) is 6. The molecule has 6 fully saturated rings. The van der Waals surface area contributed by atoms with E-state index in [0.717, 1.165) is 5.57 Å². The third-order valence-electron chi connectivity index (χ3n) is 12.2. The molecule has 11 nitrogen and oxygen atoms in total. The van der Waals surface area contributed by atoms with E-state index >= 15 is 0 Å². The van der Waals surface area contributed by atoms with Gasteiger partial charge in [0.05, 0.1) is 23.7 Å². The molecule has 0 aromatic carbocycles. The van der Waals surface area contributed by atoms with Crippen molar-refractivity contribution in [3.05, 3.63) is 23.3 Å². The van der Waals surface area contributed by atoms with Crippen LogP contribution in [0.25, 0.3) is 0 Å². The number of hydrogen-bond acceptors (Lipinski definition) is 11. The number of carbonyl (C=O) groups is 2. The molecule has 0 bridgehead atoms. The number of Topliss-reactive ketones (excluding diaryl/α,β-unsaturated/α-hetero) is 1. The fourth-order valence-electron chi connectivity index (χ4n) is 10.2. The first-order valence-electron chi connectivity index (χ1n) is 14.8. The van der Waals surface area contributed by atoms with Crippen LogP contribution in [0.2, 0.25) is 0 Å². The summed E-state index contributed by atoms with van der Waals surface area (Å²) in [5.74, 6) is -3.89. The number of epoxide rings is 1. The number of carbonyl (C=O) groups excluding carboxylic acids is 2. The highest BCUT2D eigenvalue weighted by molar-refractivity contribution is 5.94. The highest BCUT2D eigenvalue weighted by atomic mass is 16.8. The van der Waals surface area contributed by atoms with Crippen LogP contribution < -0.4 is 0 Å². The molecule has 0 unspecified atom stereocenters. The lowest BCUT2D eigenvalue weighted by molar-refractivity contribution is -0.450. The molecule has 0 amide bonds. The summed E-state index contributed by atoms with van der Waals surface area (Å²) in [6, 6.07) is 0. The van der Waals surface area contributed by atoms with Crippen molar-refractivity contribution in [3.63, 3.8) is 0 Å². The van der Waals surface area contributed by atoms with Crippen LogP contribution in [0.4, 0.5) is 0 Å². The lowest BCUT2D eigenvalue weighted by atomic mass is 9.43. The first kappa shape index (κ1) is 26.9. The molecule has 0 aromatic rings. The predicted octanol–water partition coefficient (Wildman–Crippen LogP) is 0.677.